The number of benzene rings is 2. The van der Waals surface area contributed by atoms with E-state index in [-0.39, 0.29) is 23.8 Å². The third kappa shape index (κ3) is 2.92. The molecule has 5 heteroatoms. The van der Waals surface area contributed by atoms with Crippen molar-refractivity contribution in [2.75, 3.05) is 13.1 Å². The Morgan fingerprint density at radius 2 is 2.04 bits per heavy atom. The highest BCUT2D eigenvalue weighted by molar-refractivity contribution is 7.08. The first kappa shape index (κ1) is 16.5. The fraction of sp³-hybridized carbons (Fsp3) is 0.273. The number of amides is 2. The molecule has 3 saturated heterocycles. The normalized spacial score (nSPS) is 21.9. The van der Waals surface area contributed by atoms with Crippen molar-refractivity contribution >= 4 is 33.9 Å². The molecule has 4 heterocycles. The molecule has 2 atom stereocenters. The molecule has 0 aliphatic carbocycles. The van der Waals surface area contributed by atoms with E-state index in [0.717, 1.165) is 23.6 Å². The van der Waals surface area contributed by atoms with Gasteiger partial charge in [-0.1, -0.05) is 24.3 Å². The van der Waals surface area contributed by atoms with Crippen LogP contribution in [0.4, 0.5) is 0 Å². The Hall–Kier alpha value is -2.66. The zero-order valence-electron chi connectivity index (χ0n) is 14.9. The van der Waals surface area contributed by atoms with Gasteiger partial charge in [0.2, 0.25) is 5.91 Å². The number of fused-ring (bicyclic) bond motifs is 5. The average Bonchev–Trinajstić information content (AvgIpc) is 3.08. The van der Waals surface area contributed by atoms with Gasteiger partial charge in [0.25, 0.3) is 5.91 Å². The monoisotopic (exact) mass is 376 g/mol. The number of rotatable bonds is 2. The molecule has 0 spiro atoms. The molecule has 2 aromatic carbocycles. The number of carbonyl (C=O) groups is 2. The molecule has 0 radical (unpaired) electrons. The standard InChI is InChI=1S/C22H20N2O2S/c25-21-16-4-6-18(23-21)12-24(11-16)22(26)15-5-7-20-14(10-15)2-1-3-19(20)17-8-9-27-13-17/h1-3,5,7-10,13,16,18H,4,6,11-12H2,(H,23,25)/t16-,18+/m1/s1. The van der Waals surface area contributed by atoms with Gasteiger partial charge in [0.05, 0.1) is 5.92 Å². The maximum atomic E-state index is 13.1. The molecule has 3 aliphatic rings. The van der Waals surface area contributed by atoms with E-state index in [1.165, 1.54) is 11.1 Å². The lowest BCUT2D eigenvalue weighted by molar-refractivity contribution is -0.126. The van der Waals surface area contributed by atoms with E-state index >= 15 is 0 Å². The minimum atomic E-state index is -0.0710. The molecule has 3 aliphatic heterocycles. The van der Waals surface area contributed by atoms with Crippen LogP contribution in [0.2, 0.25) is 0 Å². The molecule has 2 bridgehead atoms. The molecule has 0 unspecified atom stereocenters. The fourth-order valence-electron chi connectivity index (χ4n) is 4.28. The largest absolute Gasteiger partial charge is 0.351 e. The quantitative estimate of drug-likeness (QED) is 0.737. The first-order valence-corrected chi connectivity index (χ1v) is 10.3. The van der Waals surface area contributed by atoms with Gasteiger partial charge in [-0.15, -0.1) is 0 Å². The van der Waals surface area contributed by atoms with Gasteiger partial charge in [0.15, 0.2) is 0 Å². The van der Waals surface area contributed by atoms with Crippen LogP contribution in [0.25, 0.3) is 21.9 Å². The van der Waals surface area contributed by atoms with Gasteiger partial charge in [0, 0.05) is 24.7 Å². The number of thiophene rings is 1. The van der Waals surface area contributed by atoms with Gasteiger partial charge in [-0.05, 0) is 63.7 Å². The first-order chi connectivity index (χ1) is 13.2. The first-order valence-electron chi connectivity index (χ1n) is 9.34. The van der Waals surface area contributed by atoms with Crippen LogP contribution in [0.3, 0.4) is 0 Å². The van der Waals surface area contributed by atoms with E-state index in [0.29, 0.717) is 18.7 Å². The molecule has 1 N–H and O–H groups in total. The highest BCUT2D eigenvalue weighted by Gasteiger charge is 2.36. The van der Waals surface area contributed by atoms with Crippen molar-refractivity contribution in [2.45, 2.75) is 18.9 Å². The molecular weight excluding hydrogens is 356 g/mol. The van der Waals surface area contributed by atoms with Crippen molar-refractivity contribution < 1.29 is 9.59 Å². The summed E-state index contributed by atoms with van der Waals surface area (Å²) in [6.07, 6.45) is 1.84. The minimum absolute atomic E-state index is 0.0197. The van der Waals surface area contributed by atoms with Gasteiger partial charge in [-0.25, -0.2) is 0 Å². The van der Waals surface area contributed by atoms with Crippen LogP contribution in [-0.2, 0) is 4.79 Å². The molecule has 6 rings (SSSR count). The molecule has 2 amide bonds. The maximum Gasteiger partial charge on any atom is 0.253 e. The van der Waals surface area contributed by atoms with E-state index in [2.05, 4.69) is 34.3 Å². The molecule has 3 fully saturated rings. The second-order valence-electron chi connectivity index (χ2n) is 7.44. The van der Waals surface area contributed by atoms with Gasteiger partial charge in [-0.3, -0.25) is 9.59 Å². The number of piperidine rings is 1. The summed E-state index contributed by atoms with van der Waals surface area (Å²) in [6, 6.07) is 14.4. The van der Waals surface area contributed by atoms with Crippen molar-refractivity contribution in [1.82, 2.24) is 10.2 Å². The lowest BCUT2D eigenvalue weighted by atomic mass is 9.96. The highest BCUT2D eigenvalue weighted by Crippen LogP contribution is 2.31. The Balaban J connectivity index is 1.49. The van der Waals surface area contributed by atoms with Crippen molar-refractivity contribution in [1.29, 1.82) is 0 Å². The van der Waals surface area contributed by atoms with E-state index in [1.54, 1.807) is 11.3 Å². The fourth-order valence-corrected chi connectivity index (χ4v) is 4.93. The van der Waals surface area contributed by atoms with Crippen LogP contribution in [0.15, 0.2) is 53.2 Å². The van der Waals surface area contributed by atoms with Gasteiger partial charge in [0.1, 0.15) is 0 Å². The lowest BCUT2D eigenvalue weighted by Crippen LogP contribution is -2.43. The maximum absolute atomic E-state index is 13.1. The molecular formula is C22H20N2O2S. The average molecular weight is 376 g/mol. The SMILES string of the molecule is O=C1N[C@H]2CC[C@@H]1CN(C(=O)c1ccc3c(-c4ccsc4)cccc3c1)C2. The smallest absolute Gasteiger partial charge is 0.253 e. The predicted octanol–water partition coefficient (Wildman–Crippen LogP) is 3.92. The number of hydrogen-bond donors (Lipinski definition) is 1. The molecule has 0 saturated carbocycles. The van der Waals surface area contributed by atoms with Gasteiger partial charge < -0.3 is 10.2 Å². The van der Waals surface area contributed by atoms with Crippen molar-refractivity contribution in [2.24, 2.45) is 5.92 Å². The lowest BCUT2D eigenvalue weighted by Gasteiger charge is -2.23. The van der Waals surface area contributed by atoms with Crippen molar-refractivity contribution in [3.63, 3.8) is 0 Å². The minimum Gasteiger partial charge on any atom is -0.351 e. The van der Waals surface area contributed by atoms with Crippen LogP contribution >= 0.6 is 11.3 Å². The summed E-state index contributed by atoms with van der Waals surface area (Å²) < 4.78 is 0. The van der Waals surface area contributed by atoms with Crippen LogP contribution in [0, 0.1) is 5.92 Å². The highest BCUT2D eigenvalue weighted by atomic mass is 32.1. The van der Waals surface area contributed by atoms with Gasteiger partial charge in [-0.2, -0.15) is 11.3 Å². The van der Waals surface area contributed by atoms with Crippen molar-refractivity contribution in [3.05, 3.63) is 58.8 Å². The van der Waals surface area contributed by atoms with Crippen LogP contribution < -0.4 is 5.32 Å². The molecule has 1 aromatic heterocycles. The summed E-state index contributed by atoms with van der Waals surface area (Å²) in [7, 11) is 0. The topological polar surface area (TPSA) is 49.4 Å². The number of carbonyl (C=O) groups excluding carboxylic acids is 2. The van der Waals surface area contributed by atoms with Crippen LogP contribution in [-0.4, -0.2) is 35.8 Å². The Labute approximate surface area is 161 Å². The zero-order chi connectivity index (χ0) is 18.4. The zero-order valence-corrected chi connectivity index (χ0v) is 15.7. The Morgan fingerprint density at radius 1 is 1.11 bits per heavy atom. The third-order valence-corrected chi connectivity index (χ3v) is 6.39. The van der Waals surface area contributed by atoms with Gasteiger partial charge >= 0.3 is 0 Å². The number of nitrogens with zero attached hydrogens (tertiary/aromatic N) is 1. The summed E-state index contributed by atoms with van der Waals surface area (Å²) in [5, 5.41) is 9.48. The second kappa shape index (κ2) is 6.50. The summed E-state index contributed by atoms with van der Waals surface area (Å²) in [6.45, 7) is 1.13. The molecule has 136 valence electrons. The molecule has 27 heavy (non-hydrogen) atoms. The number of hydrogen-bond acceptors (Lipinski definition) is 3. The molecule has 3 aromatic rings. The van der Waals surface area contributed by atoms with Crippen LogP contribution in [0.1, 0.15) is 23.2 Å². The molecule has 4 nitrogen and oxygen atoms in total. The van der Waals surface area contributed by atoms with E-state index < -0.39 is 0 Å². The summed E-state index contributed by atoms with van der Waals surface area (Å²) in [5.74, 6) is 0.0463. The summed E-state index contributed by atoms with van der Waals surface area (Å²) in [4.78, 5) is 27.0. The summed E-state index contributed by atoms with van der Waals surface area (Å²) in [5.41, 5.74) is 3.09. The second-order valence-corrected chi connectivity index (χ2v) is 8.22. The third-order valence-electron chi connectivity index (χ3n) is 5.71. The Bertz CT molecular complexity index is 1030. The predicted molar refractivity (Wildman–Crippen MR) is 108 cm³/mol. The van der Waals surface area contributed by atoms with E-state index in [1.807, 2.05) is 29.2 Å². The van der Waals surface area contributed by atoms with E-state index in [9.17, 15) is 9.59 Å². The Morgan fingerprint density at radius 3 is 2.85 bits per heavy atom. The van der Waals surface area contributed by atoms with Crippen molar-refractivity contribution in [3.8, 4) is 11.1 Å². The van der Waals surface area contributed by atoms with Crippen LogP contribution in [0.5, 0.6) is 0 Å². The number of nitrogens with one attached hydrogen (secondary N) is 1. The Kier molecular flexibility index (Phi) is 3.97. The summed E-state index contributed by atoms with van der Waals surface area (Å²) >= 11 is 1.68. The van der Waals surface area contributed by atoms with E-state index in [4.69, 9.17) is 0 Å².